The Morgan fingerprint density at radius 2 is 1.42 bits per heavy atom. The van der Waals surface area contributed by atoms with Crippen LogP contribution in [-0.4, -0.2) is 81.1 Å². The summed E-state index contributed by atoms with van der Waals surface area (Å²) in [5.74, 6) is -4.39. The lowest BCUT2D eigenvalue weighted by atomic mass is 9.96. The standard InChI is InChI=1S/C30H46N6O7/c1-7-16(4)24(35-27(39)22(12-15(2)3)33-26(38)17(5)31)28(40)36-25(18(6)37)29(41)34-23(30(42)43)13-19-14-32-21-11-9-8-10-20(19)21/h8-11,14-18,22-25,32,37H,7,12-13,31H2,1-6H3,(H,33,38)(H,34,41)(H,35,39)(H,36,40)(H,42,43)/t16-,17-,18+,22-,23-,24-,25-/m0/s1. The van der Waals surface area contributed by atoms with Crippen LogP contribution in [0.1, 0.15) is 59.9 Å². The molecule has 0 aliphatic carbocycles. The van der Waals surface area contributed by atoms with E-state index in [9.17, 15) is 34.2 Å². The fourth-order valence-corrected chi connectivity index (χ4v) is 4.59. The van der Waals surface area contributed by atoms with Gasteiger partial charge in [0.15, 0.2) is 0 Å². The molecule has 1 aromatic heterocycles. The number of carbonyl (C=O) groups excluding carboxylic acids is 4. The molecule has 0 aliphatic heterocycles. The van der Waals surface area contributed by atoms with Crippen LogP contribution in [-0.2, 0) is 30.4 Å². The Morgan fingerprint density at radius 1 is 0.837 bits per heavy atom. The van der Waals surface area contributed by atoms with Crippen LogP contribution in [0.4, 0.5) is 0 Å². The monoisotopic (exact) mass is 602 g/mol. The predicted molar refractivity (Wildman–Crippen MR) is 162 cm³/mol. The Morgan fingerprint density at radius 3 is 1.98 bits per heavy atom. The Kier molecular flexibility index (Phi) is 13.1. The number of para-hydroxylation sites is 1. The number of carbonyl (C=O) groups is 5. The molecule has 0 spiro atoms. The number of aliphatic hydroxyl groups excluding tert-OH is 1. The van der Waals surface area contributed by atoms with Crippen LogP contribution < -0.4 is 27.0 Å². The van der Waals surface area contributed by atoms with Gasteiger partial charge >= 0.3 is 5.97 Å². The van der Waals surface area contributed by atoms with Crippen LogP contribution >= 0.6 is 0 Å². The molecule has 2 aromatic rings. The average Bonchev–Trinajstić information content (AvgIpc) is 3.35. The van der Waals surface area contributed by atoms with E-state index in [0.29, 0.717) is 18.4 Å². The van der Waals surface area contributed by atoms with Gasteiger partial charge in [-0.3, -0.25) is 19.2 Å². The van der Waals surface area contributed by atoms with Gasteiger partial charge in [-0.1, -0.05) is 52.3 Å². The number of amides is 4. The molecule has 0 unspecified atom stereocenters. The fourth-order valence-electron chi connectivity index (χ4n) is 4.59. The first-order chi connectivity index (χ1) is 20.2. The first-order valence-corrected chi connectivity index (χ1v) is 14.6. The van der Waals surface area contributed by atoms with Gasteiger partial charge in [-0.25, -0.2) is 4.79 Å². The zero-order valence-electron chi connectivity index (χ0n) is 25.6. The summed E-state index contributed by atoms with van der Waals surface area (Å²) in [7, 11) is 0. The van der Waals surface area contributed by atoms with Gasteiger partial charge in [-0.2, -0.15) is 0 Å². The molecule has 4 amide bonds. The molecular weight excluding hydrogens is 556 g/mol. The first-order valence-electron chi connectivity index (χ1n) is 14.6. The summed E-state index contributed by atoms with van der Waals surface area (Å²) < 4.78 is 0. The van der Waals surface area contributed by atoms with Crippen molar-refractivity contribution < 1.29 is 34.2 Å². The van der Waals surface area contributed by atoms with Crippen molar-refractivity contribution in [1.29, 1.82) is 0 Å². The minimum Gasteiger partial charge on any atom is -0.480 e. The smallest absolute Gasteiger partial charge is 0.326 e. The van der Waals surface area contributed by atoms with Gasteiger partial charge < -0.3 is 42.2 Å². The van der Waals surface area contributed by atoms with Gasteiger partial charge in [0.25, 0.3) is 0 Å². The van der Waals surface area contributed by atoms with Crippen molar-refractivity contribution in [1.82, 2.24) is 26.3 Å². The summed E-state index contributed by atoms with van der Waals surface area (Å²) in [5, 5.41) is 31.3. The highest BCUT2D eigenvalue weighted by Crippen LogP contribution is 2.19. The van der Waals surface area contributed by atoms with Crippen molar-refractivity contribution in [2.45, 2.75) is 97.1 Å². The Bertz CT molecular complexity index is 1270. The molecule has 7 atom stereocenters. The summed E-state index contributed by atoms with van der Waals surface area (Å²) in [6, 6.07) is 1.57. The fraction of sp³-hybridized carbons (Fsp3) is 0.567. The number of aliphatic hydroxyl groups is 1. The number of fused-ring (bicyclic) bond motifs is 1. The molecule has 13 nitrogen and oxygen atoms in total. The topological polar surface area (TPSA) is 216 Å². The maximum absolute atomic E-state index is 13.5. The second-order valence-corrected chi connectivity index (χ2v) is 11.5. The number of nitrogens with two attached hydrogens (primary N) is 1. The lowest BCUT2D eigenvalue weighted by Crippen LogP contribution is -2.61. The van der Waals surface area contributed by atoms with Crippen molar-refractivity contribution in [3.05, 3.63) is 36.0 Å². The Hall–Kier alpha value is -3.97. The van der Waals surface area contributed by atoms with Gasteiger partial charge in [-0.15, -0.1) is 0 Å². The number of hydrogen-bond acceptors (Lipinski definition) is 7. The van der Waals surface area contributed by atoms with Crippen molar-refractivity contribution in [2.24, 2.45) is 17.6 Å². The number of aromatic amines is 1. The van der Waals surface area contributed by atoms with Crippen molar-refractivity contribution in [2.75, 3.05) is 0 Å². The first kappa shape index (κ1) is 35.2. The van der Waals surface area contributed by atoms with Crippen molar-refractivity contribution in [3.8, 4) is 0 Å². The van der Waals surface area contributed by atoms with E-state index in [4.69, 9.17) is 5.73 Å². The van der Waals surface area contributed by atoms with Crippen LogP contribution in [0.5, 0.6) is 0 Å². The SMILES string of the molecule is CC[C@H](C)[C@H](NC(=O)[C@H](CC(C)C)NC(=O)[C@H](C)N)C(=O)N[C@H](C(=O)N[C@@H](Cc1c[nH]c2ccccc12)C(=O)O)[C@@H](C)O. The average molecular weight is 603 g/mol. The minimum atomic E-state index is -1.51. The summed E-state index contributed by atoms with van der Waals surface area (Å²) in [6.07, 6.45) is 1.02. The molecule has 0 saturated heterocycles. The number of nitrogens with one attached hydrogen (secondary N) is 5. The molecule has 2 rings (SSSR count). The molecular formula is C30H46N6O7. The van der Waals surface area contributed by atoms with Gasteiger partial charge in [0.1, 0.15) is 24.2 Å². The number of H-pyrrole nitrogens is 1. The van der Waals surface area contributed by atoms with E-state index in [1.54, 1.807) is 13.1 Å². The van der Waals surface area contributed by atoms with Gasteiger partial charge in [0.05, 0.1) is 12.1 Å². The van der Waals surface area contributed by atoms with E-state index in [-0.39, 0.29) is 18.3 Å². The summed E-state index contributed by atoms with van der Waals surface area (Å²) >= 11 is 0. The molecule has 238 valence electrons. The molecule has 9 N–H and O–H groups in total. The number of hydrogen-bond donors (Lipinski definition) is 8. The highest BCUT2D eigenvalue weighted by Gasteiger charge is 2.35. The van der Waals surface area contributed by atoms with Crippen LogP contribution in [0.25, 0.3) is 10.9 Å². The molecule has 1 heterocycles. The summed E-state index contributed by atoms with van der Waals surface area (Å²) in [6.45, 7) is 10.1. The lowest BCUT2D eigenvalue weighted by Gasteiger charge is -2.30. The number of aromatic nitrogens is 1. The van der Waals surface area contributed by atoms with Gasteiger partial charge in [-0.05, 0) is 43.7 Å². The van der Waals surface area contributed by atoms with Gasteiger partial charge in [0, 0.05) is 23.5 Å². The lowest BCUT2D eigenvalue weighted by molar-refractivity contribution is -0.143. The largest absolute Gasteiger partial charge is 0.480 e. The third-order valence-corrected chi connectivity index (χ3v) is 7.32. The van der Waals surface area contributed by atoms with E-state index in [0.717, 1.165) is 10.9 Å². The molecule has 0 saturated carbocycles. The zero-order valence-corrected chi connectivity index (χ0v) is 25.6. The molecule has 0 radical (unpaired) electrons. The molecule has 0 aliphatic rings. The maximum atomic E-state index is 13.5. The molecule has 0 fully saturated rings. The molecule has 43 heavy (non-hydrogen) atoms. The second-order valence-electron chi connectivity index (χ2n) is 11.5. The normalized spacial score (nSPS) is 16.3. The summed E-state index contributed by atoms with van der Waals surface area (Å²) in [5.41, 5.74) is 7.14. The third-order valence-electron chi connectivity index (χ3n) is 7.32. The third kappa shape index (κ3) is 10.1. The quantitative estimate of drug-likeness (QED) is 0.135. The number of carboxylic acids is 1. The Labute approximate surface area is 251 Å². The zero-order chi connectivity index (χ0) is 32.4. The van der Waals surface area contributed by atoms with E-state index >= 15 is 0 Å². The highest BCUT2D eigenvalue weighted by molar-refractivity contribution is 5.96. The van der Waals surface area contributed by atoms with E-state index < -0.39 is 65.9 Å². The van der Waals surface area contributed by atoms with Crippen LogP contribution in [0.3, 0.4) is 0 Å². The highest BCUT2D eigenvalue weighted by atomic mass is 16.4. The number of aliphatic carboxylic acids is 1. The van der Waals surface area contributed by atoms with Gasteiger partial charge in [0.2, 0.25) is 23.6 Å². The molecule has 0 bridgehead atoms. The minimum absolute atomic E-state index is 0.0368. The number of benzene rings is 1. The van der Waals surface area contributed by atoms with E-state index in [1.165, 1.54) is 13.8 Å². The summed E-state index contributed by atoms with van der Waals surface area (Å²) in [4.78, 5) is 67.3. The Balaban J connectivity index is 2.21. The van der Waals surface area contributed by atoms with E-state index in [1.807, 2.05) is 45.0 Å². The molecule has 13 heteroatoms. The predicted octanol–water partition coefficient (Wildman–Crippen LogP) is 0.554. The number of carboxylic acid groups (broad SMARTS) is 1. The number of rotatable bonds is 16. The van der Waals surface area contributed by atoms with Crippen LogP contribution in [0.15, 0.2) is 30.5 Å². The van der Waals surface area contributed by atoms with Crippen LogP contribution in [0, 0.1) is 11.8 Å². The van der Waals surface area contributed by atoms with Crippen LogP contribution in [0.2, 0.25) is 0 Å². The van der Waals surface area contributed by atoms with E-state index in [2.05, 4.69) is 26.3 Å². The second kappa shape index (κ2) is 16.0. The maximum Gasteiger partial charge on any atom is 0.326 e. The van der Waals surface area contributed by atoms with Crippen molar-refractivity contribution >= 4 is 40.5 Å². The molecule has 1 aromatic carbocycles. The van der Waals surface area contributed by atoms with Crippen molar-refractivity contribution in [3.63, 3.8) is 0 Å².